The zero-order valence-corrected chi connectivity index (χ0v) is 12.2. The third-order valence-corrected chi connectivity index (χ3v) is 5.30. The van der Waals surface area contributed by atoms with Crippen molar-refractivity contribution < 1.29 is 14.7 Å². The van der Waals surface area contributed by atoms with Gasteiger partial charge in [-0.05, 0) is 37.5 Å². The summed E-state index contributed by atoms with van der Waals surface area (Å²) in [5, 5.41) is 9.34. The van der Waals surface area contributed by atoms with Crippen molar-refractivity contribution >= 4 is 11.8 Å². The Hall–Kier alpha value is -0.900. The van der Waals surface area contributed by atoms with Crippen LogP contribution in [0.25, 0.3) is 0 Å². The van der Waals surface area contributed by atoms with Crippen LogP contribution in [0, 0.1) is 23.2 Å². The molecular weight excluding hydrogens is 242 g/mol. The minimum Gasteiger partial charge on any atom is -0.396 e. The molecule has 1 heterocycles. The first-order valence-electron chi connectivity index (χ1n) is 7.35. The smallest absolute Gasteiger partial charge is 0.235 e. The Balaban J connectivity index is 2.09. The van der Waals surface area contributed by atoms with Gasteiger partial charge in [-0.2, -0.15) is 0 Å². The number of carbonyl (C=O) groups excluding carboxylic acids is 2. The minimum atomic E-state index is -0.537. The highest BCUT2D eigenvalue weighted by atomic mass is 16.3. The molecule has 19 heavy (non-hydrogen) atoms. The molecule has 1 N–H and O–H groups in total. The Morgan fingerprint density at radius 3 is 2.47 bits per heavy atom. The number of rotatable bonds is 4. The molecule has 0 aromatic heterocycles. The number of nitrogens with zero attached hydrogens (tertiary/aromatic N) is 1. The van der Waals surface area contributed by atoms with Gasteiger partial charge in [0, 0.05) is 19.6 Å². The number of carbonyl (C=O) groups is 2. The van der Waals surface area contributed by atoms with Crippen molar-refractivity contribution in [1.82, 2.24) is 4.90 Å². The highest BCUT2D eigenvalue weighted by molar-refractivity contribution is 6.05. The van der Waals surface area contributed by atoms with Gasteiger partial charge in [-0.15, -0.1) is 0 Å². The number of aliphatic hydroxyl groups excluding tert-OH is 1. The molecule has 1 saturated heterocycles. The summed E-state index contributed by atoms with van der Waals surface area (Å²) < 4.78 is 0. The molecule has 0 bridgehead atoms. The summed E-state index contributed by atoms with van der Waals surface area (Å²) in [6.07, 6.45) is 3.45. The average Bonchev–Trinajstić information content (AvgIpc) is 2.88. The predicted molar refractivity (Wildman–Crippen MR) is 72.2 cm³/mol. The monoisotopic (exact) mass is 267 g/mol. The molecule has 0 spiro atoms. The van der Waals surface area contributed by atoms with E-state index in [9.17, 15) is 14.7 Å². The third-order valence-electron chi connectivity index (χ3n) is 5.30. The first kappa shape index (κ1) is 14.5. The van der Waals surface area contributed by atoms with Gasteiger partial charge in [0.1, 0.15) is 0 Å². The summed E-state index contributed by atoms with van der Waals surface area (Å²) in [5.41, 5.74) is -0.537. The summed E-state index contributed by atoms with van der Waals surface area (Å²) in [4.78, 5) is 26.1. The highest BCUT2D eigenvalue weighted by Crippen LogP contribution is 2.41. The second kappa shape index (κ2) is 5.23. The normalized spacial score (nSPS) is 35.7. The van der Waals surface area contributed by atoms with E-state index < -0.39 is 5.41 Å². The molecule has 0 aromatic rings. The molecule has 1 aliphatic heterocycles. The van der Waals surface area contributed by atoms with Gasteiger partial charge in [0.25, 0.3) is 0 Å². The minimum absolute atomic E-state index is 0.0175. The second-order valence-electron chi connectivity index (χ2n) is 6.69. The van der Waals surface area contributed by atoms with Gasteiger partial charge in [0.2, 0.25) is 11.8 Å². The maximum Gasteiger partial charge on any atom is 0.235 e. The fraction of sp³-hybridized carbons (Fsp3) is 0.867. The maximum atomic E-state index is 12.5. The summed E-state index contributed by atoms with van der Waals surface area (Å²) in [5.74, 6) is 0.658. The third kappa shape index (κ3) is 2.42. The van der Waals surface area contributed by atoms with Crippen molar-refractivity contribution in [2.45, 2.75) is 46.5 Å². The molecule has 0 radical (unpaired) electrons. The Kier molecular flexibility index (Phi) is 4.00. The number of hydrogen-bond acceptors (Lipinski definition) is 3. The number of likely N-dealkylation sites (tertiary alicyclic amines) is 1. The fourth-order valence-corrected chi connectivity index (χ4v) is 3.37. The molecule has 2 aliphatic rings. The number of aliphatic hydroxyl groups is 1. The summed E-state index contributed by atoms with van der Waals surface area (Å²) in [6.45, 7) is 6.57. The van der Waals surface area contributed by atoms with Crippen molar-refractivity contribution in [3.63, 3.8) is 0 Å². The quantitative estimate of drug-likeness (QED) is 0.790. The maximum absolute atomic E-state index is 12.5. The average molecular weight is 267 g/mol. The molecule has 2 fully saturated rings. The van der Waals surface area contributed by atoms with E-state index in [2.05, 4.69) is 0 Å². The molecule has 1 saturated carbocycles. The van der Waals surface area contributed by atoms with Crippen LogP contribution < -0.4 is 0 Å². The van der Waals surface area contributed by atoms with E-state index in [-0.39, 0.29) is 36.2 Å². The number of imide groups is 1. The van der Waals surface area contributed by atoms with Gasteiger partial charge in [-0.1, -0.05) is 20.3 Å². The van der Waals surface area contributed by atoms with Crippen LogP contribution in [0.15, 0.2) is 0 Å². The van der Waals surface area contributed by atoms with Crippen LogP contribution in [0.1, 0.15) is 46.5 Å². The molecule has 3 atom stereocenters. The van der Waals surface area contributed by atoms with Crippen molar-refractivity contribution in [2.75, 3.05) is 13.2 Å². The summed E-state index contributed by atoms with van der Waals surface area (Å²) in [6, 6.07) is 0. The van der Waals surface area contributed by atoms with Crippen LogP contribution >= 0.6 is 0 Å². The molecule has 2 rings (SSSR count). The topological polar surface area (TPSA) is 57.6 Å². The molecule has 108 valence electrons. The van der Waals surface area contributed by atoms with Gasteiger partial charge in [-0.25, -0.2) is 0 Å². The van der Waals surface area contributed by atoms with Gasteiger partial charge in [0.05, 0.1) is 5.41 Å². The Morgan fingerprint density at radius 1 is 1.32 bits per heavy atom. The first-order chi connectivity index (χ1) is 8.90. The molecule has 2 amide bonds. The van der Waals surface area contributed by atoms with Crippen molar-refractivity contribution in [1.29, 1.82) is 0 Å². The zero-order chi connectivity index (χ0) is 14.2. The Morgan fingerprint density at radius 2 is 1.95 bits per heavy atom. The molecule has 1 aliphatic carbocycles. The summed E-state index contributed by atoms with van der Waals surface area (Å²) >= 11 is 0. The lowest BCUT2D eigenvalue weighted by Gasteiger charge is -2.28. The van der Waals surface area contributed by atoms with E-state index >= 15 is 0 Å². The molecular formula is C15H25NO3. The lowest BCUT2D eigenvalue weighted by Crippen LogP contribution is -2.40. The standard InChI is InChI=1S/C15H25NO3/c1-10(2)15(3)7-13(18)16(14(15)19)8-11-5-4-6-12(11)9-17/h10-12,17H,4-9H2,1-3H3. The van der Waals surface area contributed by atoms with Crippen LogP contribution in [0.2, 0.25) is 0 Å². The van der Waals surface area contributed by atoms with Crippen LogP contribution in [-0.4, -0.2) is 35.0 Å². The Labute approximate surface area is 115 Å². The van der Waals surface area contributed by atoms with Crippen LogP contribution in [0.5, 0.6) is 0 Å². The van der Waals surface area contributed by atoms with E-state index in [0.29, 0.717) is 13.0 Å². The highest BCUT2D eigenvalue weighted by Gasteiger charge is 2.50. The van der Waals surface area contributed by atoms with Gasteiger partial charge >= 0.3 is 0 Å². The van der Waals surface area contributed by atoms with Crippen molar-refractivity contribution in [3.8, 4) is 0 Å². The lowest BCUT2D eigenvalue weighted by molar-refractivity contribution is -0.143. The SMILES string of the molecule is CC(C)C1(C)CC(=O)N(CC2CCCC2CO)C1=O. The zero-order valence-electron chi connectivity index (χ0n) is 12.2. The van der Waals surface area contributed by atoms with Crippen LogP contribution in [0.4, 0.5) is 0 Å². The summed E-state index contributed by atoms with van der Waals surface area (Å²) in [7, 11) is 0. The van der Waals surface area contributed by atoms with Crippen molar-refractivity contribution in [2.24, 2.45) is 23.2 Å². The Bertz CT molecular complexity index is 380. The van der Waals surface area contributed by atoms with Crippen LogP contribution in [-0.2, 0) is 9.59 Å². The first-order valence-corrected chi connectivity index (χ1v) is 7.35. The van der Waals surface area contributed by atoms with Gasteiger partial charge in [-0.3, -0.25) is 14.5 Å². The van der Waals surface area contributed by atoms with Crippen LogP contribution in [0.3, 0.4) is 0 Å². The second-order valence-corrected chi connectivity index (χ2v) is 6.69. The molecule has 4 heteroatoms. The largest absolute Gasteiger partial charge is 0.396 e. The van der Waals surface area contributed by atoms with E-state index in [1.54, 1.807) is 0 Å². The van der Waals surface area contributed by atoms with E-state index in [4.69, 9.17) is 0 Å². The van der Waals surface area contributed by atoms with E-state index in [1.165, 1.54) is 4.90 Å². The molecule has 3 unspecified atom stereocenters. The number of hydrogen-bond donors (Lipinski definition) is 1. The predicted octanol–water partition coefficient (Wildman–Crippen LogP) is 1.82. The van der Waals surface area contributed by atoms with E-state index in [0.717, 1.165) is 19.3 Å². The van der Waals surface area contributed by atoms with E-state index in [1.807, 2.05) is 20.8 Å². The number of amides is 2. The van der Waals surface area contributed by atoms with Gasteiger partial charge < -0.3 is 5.11 Å². The lowest BCUT2D eigenvalue weighted by atomic mass is 9.78. The fourth-order valence-electron chi connectivity index (χ4n) is 3.37. The molecule has 4 nitrogen and oxygen atoms in total. The van der Waals surface area contributed by atoms with Crippen molar-refractivity contribution in [3.05, 3.63) is 0 Å². The molecule has 0 aromatic carbocycles. The van der Waals surface area contributed by atoms with Gasteiger partial charge in [0.15, 0.2) is 0 Å².